The maximum Gasteiger partial charge on any atom is 0.253 e. The predicted molar refractivity (Wildman–Crippen MR) is 73.7 cm³/mol. The van der Waals surface area contributed by atoms with Gasteiger partial charge in [-0.3, -0.25) is 4.79 Å². The van der Waals surface area contributed by atoms with E-state index in [1.807, 2.05) is 0 Å². The molecule has 2 rings (SSSR count). The number of carbonyl (C=O) groups is 1. The molecule has 1 heterocycles. The average Bonchev–Trinajstić information content (AvgIpc) is 2.97. The predicted octanol–water partition coefficient (Wildman–Crippen LogP) is 0.939. The van der Waals surface area contributed by atoms with Crippen LogP contribution in [0.1, 0.15) is 16.1 Å². The standard InChI is InChI=1S/C13H16N4O3/c1-19-11-3-9(10(14)4-12(11)20-2)13(18)16-6-8-5-15-7-17-8/h3-5,7H,6,14H2,1-2H3,(H,15,17)(H,16,18). The van der Waals surface area contributed by atoms with Crippen molar-refractivity contribution >= 4 is 11.6 Å². The Balaban J connectivity index is 2.16. The minimum atomic E-state index is -0.293. The summed E-state index contributed by atoms with van der Waals surface area (Å²) in [5.74, 6) is 0.640. The zero-order chi connectivity index (χ0) is 14.5. The van der Waals surface area contributed by atoms with Crippen molar-refractivity contribution in [2.45, 2.75) is 6.54 Å². The van der Waals surface area contributed by atoms with Gasteiger partial charge >= 0.3 is 0 Å². The second kappa shape index (κ2) is 5.96. The van der Waals surface area contributed by atoms with E-state index in [2.05, 4.69) is 15.3 Å². The number of nitrogen functional groups attached to an aromatic ring is 1. The maximum atomic E-state index is 12.1. The fraction of sp³-hybridized carbons (Fsp3) is 0.231. The third kappa shape index (κ3) is 2.82. The molecule has 1 aromatic heterocycles. The maximum absolute atomic E-state index is 12.1. The van der Waals surface area contributed by atoms with Crippen molar-refractivity contribution in [2.75, 3.05) is 20.0 Å². The van der Waals surface area contributed by atoms with Gasteiger partial charge in [0.05, 0.1) is 38.3 Å². The lowest BCUT2D eigenvalue weighted by Crippen LogP contribution is -2.24. The van der Waals surface area contributed by atoms with Crippen LogP contribution < -0.4 is 20.5 Å². The summed E-state index contributed by atoms with van der Waals surface area (Å²) in [4.78, 5) is 18.9. The number of aromatic nitrogens is 2. The molecule has 0 radical (unpaired) electrons. The van der Waals surface area contributed by atoms with E-state index in [4.69, 9.17) is 15.2 Å². The summed E-state index contributed by atoms with van der Waals surface area (Å²) in [5, 5.41) is 2.74. The minimum Gasteiger partial charge on any atom is -0.493 e. The van der Waals surface area contributed by atoms with Gasteiger partial charge in [-0.25, -0.2) is 4.98 Å². The lowest BCUT2D eigenvalue weighted by Gasteiger charge is -2.12. The zero-order valence-corrected chi connectivity index (χ0v) is 11.3. The first-order valence-electron chi connectivity index (χ1n) is 5.92. The summed E-state index contributed by atoms with van der Waals surface area (Å²) in [5.41, 5.74) is 7.32. The molecule has 7 nitrogen and oxygen atoms in total. The number of H-pyrrole nitrogens is 1. The van der Waals surface area contributed by atoms with Gasteiger partial charge in [0.25, 0.3) is 5.91 Å². The fourth-order valence-corrected chi connectivity index (χ4v) is 1.74. The second-order valence-corrected chi connectivity index (χ2v) is 4.05. The van der Waals surface area contributed by atoms with Gasteiger partial charge in [-0.15, -0.1) is 0 Å². The van der Waals surface area contributed by atoms with E-state index in [1.165, 1.54) is 14.2 Å². The van der Waals surface area contributed by atoms with Gasteiger partial charge < -0.3 is 25.5 Å². The number of imidazole rings is 1. The van der Waals surface area contributed by atoms with Gasteiger partial charge in [-0.05, 0) is 6.07 Å². The van der Waals surface area contributed by atoms with Crippen LogP contribution in [0.3, 0.4) is 0 Å². The molecule has 0 aliphatic carbocycles. The molecule has 0 fully saturated rings. The SMILES string of the molecule is COc1cc(N)c(C(=O)NCc2cnc[nH]2)cc1OC. The van der Waals surface area contributed by atoms with Gasteiger partial charge in [0.15, 0.2) is 11.5 Å². The van der Waals surface area contributed by atoms with Crippen LogP contribution >= 0.6 is 0 Å². The summed E-state index contributed by atoms with van der Waals surface area (Å²) >= 11 is 0. The Labute approximate surface area is 116 Å². The molecule has 0 saturated carbocycles. The average molecular weight is 276 g/mol. The van der Waals surface area contributed by atoms with Crippen LogP contribution in [-0.2, 0) is 6.54 Å². The highest BCUT2D eigenvalue weighted by atomic mass is 16.5. The Bertz CT molecular complexity index is 596. The molecule has 0 unspecified atom stereocenters. The summed E-state index contributed by atoms with van der Waals surface area (Å²) in [6.07, 6.45) is 3.19. The van der Waals surface area contributed by atoms with Crippen molar-refractivity contribution in [2.24, 2.45) is 0 Å². The van der Waals surface area contributed by atoms with Crippen molar-refractivity contribution in [3.8, 4) is 11.5 Å². The van der Waals surface area contributed by atoms with E-state index in [1.54, 1.807) is 24.7 Å². The van der Waals surface area contributed by atoms with E-state index in [0.717, 1.165) is 5.69 Å². The number of ether oxygens (including phenoxy) is 2. The van der Waals surface area contributed by atoms with Crippen LogP contribution in [0.15, 0.2) is 24.7 Å². The molecule has 20 heavy (non-hydrogen) atoms. The molecule has 2 aromatic rings. The van der Waals surface area contributed by atoms with Crippen molar-refractivity contribution in [3.05, 3.63) is 35.9 Å². The number of nitrogens with zero attached hydrogens (tertiary/aromatic N) is 1. The van der Waals surface area contributed by atoms with Crippen LogP contribution in [-0.4, -0.2) is 30.1 Å². The number of hydrogen-bond donors (Lipinski definition) is 3. The number of hydrogen-bond acceptors (Lipinski definition) is 5. The third-order valence-electron chi connectivity index (χ3n) is 2.79. The molecule has 7 heteroatoms. The number of amides is 1. The number of methoxy groups -OCH3 is 2. The number of nitrogens with one attached hydrogen (secondary N) is 2. The van der Waals surface area contributed by atoms with Crippen molar-refractivity contribution in [3.63, 3.8) is 0 Å². The molecule has 0 aliphatic heterocycles. The molecule has 1 amide bonds. The molecule has 0 aliphatic rings. The quantitative estimate of drug-likeness (QED) is 0.705. The van der Waals surface area contributed by atoms with Crippen LogP contribution in [0.4, 0.5) is 5.69 Å². The Hall–Kier alpha value is -2.70. The summed E-state index contributed by atoms with van der Waals surface area (Å²) in [6, 6.07) is 3.11. The topological polar surface area (TPSA) is 102 Å². The highest BCUT2D eigenvalue weighted by molar-refractivity contribution is 6.00. The smallest absolute Gasteiger partial charge is 0.253 e. The molecular formula is C13H16N4O3. The van der Waals surface area contributed by atoms with Crippen molar-refractivity contribution in [1.82, 2.24) is 15.3 Å². The molecule has 106 valence electrons. The molecular weight excluding hydrogens is 260 g/mol. The molecule has 4 N–H and O–H groups in total. The number of carbonyl (C=O) groups excluding carboxylic acids is 1. The zero-order valence-electron chi connectivity index (χ0n) is 11.3. The van der Waals surface area contributed by atoms with E-state index in [-0.39, 0.29) is 5.91 Å². The normalized spacial score (nSPS) is 10.1. The number of rotatable bonds is 5. The summed E-state index contributed by atoms with van der Waals surface area (Å²) in [7, 11) is 3.01. The van der Waals surface area contributed by atoms with E-state index >= 15 is 0 Å². The molecule has 1 aromatic carbocycles. The monoisotopic (exact) mass is 276 g/mol. The van der Waals surface area contributed by atoms with Gasteiger partial charge in [0.2, 0.25) is 0 Å². The fourth-order valence-electron chi connectivity index (χ4n) is 1.74. The van der Waals surface area contributed by atoms with Gasteiger partial charge in [-0.2, -0.15) is 0 Å². The Kier molecular flexibility index (Phi) is 4.09. The number of nitrogens with two attached hydrogens (primary N) is 1. The highest BCUT2D eigenvalue weighted by Crippen LogP contribution is 2.31. The number of benzene rings is 1. The van der Waals surface area contributed by atoms with Crippen molar-refractivity contribution < 1.29 is 14.3 Å². The number of anilines is 1. The first-order chi connectivity index (χ1) is 9.65. The largest absolute Gasteiger partial charge is 0.493 e. The van der Waals surface area contributed by atoms with E-state index < -0.39 is 0 Å². The van der Waals surface area contributed by atoms with E-state index in [9.17, 15) is 4.79 Å². The Morgan fingerprint density at radius 1 is 1.35 bits per heavy atom. The molecule has 0 spiro atoms. The Morgan fingerprint density at radius 2 is 2.05 bits per heavy atom. The lowest BCUT2D eigenvalue weighted by molar-refractivity contribution is 0.0951. The van der Waals surface area contributed by atoms with Crippen LogP contribution in [0.5, 0.6) is 11.5 Å². The van der Waals surface area contributed by atoms with Crippen LogP contribution in [0, 0.1) is 0 Å². The first-order valence-corrected chi connectivity index (χ1v) is 5.92. The summed E-state index contributed by atoms with van der Waals surface area (Å²) in [6.45, 7) is 0.340. The second-order valence-electron chi connectivity index (χ2n) is 4.05. The highest BCUT2D eigenvalue weighted by Gasteiger charge is 2.15. The molecule has 0 bridgehead atoms. The minimum absolute atomic E-state index is 0.293. The van der Waals surface area contributed by atoms with Crippen LogP contribution in [0.2, 0.25) is 0 Å². The number of aromatic amines is 1. The molecule has 0 saturated heterocycles. The summed E-state index contributed by atoms with van der Waals surface area (Å²) < 4.78 is 10.3. The van der Waals surface area contributed by atoms with Gasteiger partial charge in [0, 0.05) is 18.0 Å². The van der Waals surface area contributed by atoms with E-state index in [0.29, 0.717) is 29.3 Å². The lowest BCUT2D eigenvalue weighted by atomic mass is 10.1. The van der Waals surface area contributed by atoms with Gasteiger partial charge in [0.1, 0.15) is 0 Å². The van der Waals surface area contributed by atoms with Crippen LogP contribution in [0.25, 0.3) is 0 Å². The van der Waals surface area contributed by atoms with Gasteiger partial charge in [-0.1, -0.05) is 0 Å². The molecule has 0 atom stereocenters. The third-order valence-corrected chi connectivity index (χ3v) is 2.79. The first kappa shape index (κ1) is 13.7. The Morgan fingerprint density at radius 3 is 2.65 bits per heavy atom. The van der Waals surface area contributed by atoms with Crippen molar-refractivity contribution in [1.29, 1.82) is 0 Å².